The predicted molar refractivity (Wildman–Crippen MR) is 81.0 cm³/mol. The van der Waals surface area contributed by atoms with Gasteiger partial charge in [0.25, 0.3) is 0 Å². The van der Waals surface area contributed by atoms with Crippen LogP contribution in [-0.4, -0.2) is 36.9 Å². The Hall–Kier alpha value is -1.10. The van der Waals surface area contributed by atoms with Crippen LogP contribution in [-0.2, 0) is 23.8 Å². The van der Waals surface area contributed by atoms with E-state index >= 15 is 0 Å². The van der Waals surface area contributed by atoms with Crippen molar-refractivity contribution in [1.82, 2.24) is 0 Å². The first-order valence-corrected chi connectivity index (χ1v) is 7.79. The smallest absolute Gasteiger partial charge is 0.306 e. The molecule has 124 valence electrons. The van der Waals surface area contributed by atoms with Crippen molar-refractivity contribution in [2.24, 2.45) is 0 Å². The van der Waals surface area contributed by atoms with Gasteiger partial charge in [-0.15, -0.1) is 0 Å². The summed E-state index contributed by atoms with van der Waals surface area (Å²) < 4.78 is 16.0. The van der Waals surface area contributed by atoms with Crippen molar-refractivity contribution < 1.29 is 23.8 Å². The van der Waals surface area contributed by atoms with Crippen LogP contribution in [0.15, 0.2) is 0 Å². The molecule has 0 aliphatic carbocycles. The lowest BCUT2D eigenvalue weighted by Gasteiger charge is -2.25. The molecule has 0 heterocycles. The standard InChI is InChI=1S/C16H30O5/c1-6-8-14(17)20-12-13(3)19-11-10-16(4,5)21-15(18)9-7-2/h13H,6-12H2,1-5H3. The Labute approximate surface area is 128 Å². The molecule has 0 N–H and O–H groups in total. The minimum absolute atomic E-state index is 0.159. The van der Waals surface area contributed by atoms with E-state index < -0.39 is 5.60 Å². The summed E-state index contributed by atoms with van der Waals surface area (Å²) in [5, 5.41) is 0. The summed E-state index contributed by atoms with van der Waals surface area (Å²) in [6.07, 6.45) is 2.89. The summed E-state index contributed by atoms with van der Waals surface area (Å²) >= 11 is 0. The van der Waals surface area contributed by atoms with Crippen molar-refractivity contribution in [1.29, 1.82) is 0 Å². The molecule has 5 heteroatoms. The molecule has 21 heavy (non-hydrogen) atoms. The minimum Gasteiger partial charge on any atom is -0.463 e. The van der Waals surface area contributed by atoms with Crippen LogP contribution in [0.5, 0.6) is 0 Å². The fraction of sp³-hybridized carbons (Fsp3) is 0.875. The van der Waals surface area contributed by atoms with Crippen LogP contribution in [0.3, 0.4) is 0 Å². The highest BCUT2D eigenvalue weighted by Gasteiger charge is 2.22. The molecule has 0 rings (SSSR count). The highest BCUT2D eigenvalue weighted by Crippen LogP contribution is 2.16. The van der Waals surface area contributed by atoms with E-state index in [1.165, 1.54) is 0 Å². The van der Waals surface area contributed by atoms with Gasteiger partial charge in [0, 0.05) is 19.3 Å². The van der Waals surface area contributed by atoms with E-state index in [4.69, 9.17) is 14.2 Å². The van der Waals surface area contributed by atoms with Gasteiger partial charge in [-0.05, 0) is 33.6 Å². The molecule has 0 saturated heterocycles. The average molecular weight is 302 g/mol. The quantitative estimate of drug-likeness (QED) is 0.548. The van der Waals surface area contributed by atoms with E-state index in [1.807, 2.05) is 34.6 Å². The summed E-state index contributed by atoms with van der Waals surface area (Å²) in [5.41, 5.74) is -0.537. The Balaban J connectivity index is 3.85. The Bertz CT molecular complexity index is 312. The highest BCUT2D eigenvalue weighted by atomic mass is 16.6. The van der Waals surface area contributed by atoms with Crippen molar-refractivity contribution in [3.8, 4) is 0 Å². The Morgan fingerprint density at radius 1 is 1.05 bits per heavy atom. The van der Waals surface area contributed by atoms with Crippen molar-refractivity contribution in [3.63, 3.8) is 0 Å². The van der Waals surface area contributed by atoms with Crippen molar-refractivity contribution in [2.75, 3.05) is 13.2 Å². The fourth-order valence-corrected chi connectivity index (χ4v) is 1.65. The van der Waals surface area contributed by atoms with Crippen LogP contribution in [0, 0.1) is 0 Å². The molecule has 0 radical (unpaired) electrons. The van der Waals surface area contributed by atoms with E-state index in [9.17, 15) is 9.59 Å². The van der Waals surface area contributed by atoms with Crippen LogP contribution in [0.4, 0.5) is 0 Å². The molecule has 5 nitrogen and oxygen atoms in total. The molecular weight excluding hydrogens is 272 g/mol. The first-order valence-electron chi connectivity index (χ1n) is 7.79. The maximum atomic E-state index is 11.5. The molecule has 0 aromatic heterocycles. The number of rotatable bonds is 11. The van der Waals surface area contributed by atoms with Crippen molar-refractivity contribution >= 4 is 11.9 Å². The Kier molecular flexibility index (Phi) is 10.0. The summed E-state index contributed by atoms with van der Waals surface area (Å²) in [7, 11) is 0. The van der Waals surface area contributed by atoms with Gasteiger partial charge in [0.1, 0.15) is 12.2 Å². The van der Waals surface area contributed by atoms with Gasteiger partial charge in [-0.3, -0.25) is 9.59 Å². The maximum absolute atomic E-state index is 11.5. The fourth-order valence-electron chi connectivity index (χ4n) is 1.65. The largest absolute Gasteiger partial charge is 0.463 e. The first kappa shape index (κ1) is 19.9. The van der Waals surface area contributed by atoms with Gasteiger partial charge in [-0.25, -0.2) is 0 Å². The zero-order chi connectivity index (χ0) is 16.3. The summed E-state index contributed by atoms with van der Waals surface area (Å²) in [6, 6.07) is 0. The Morgan fingerprint density at radius 2 is 1.62 bits per heavy atom. The van der Waals surface area contributed by atoms with E-state index in [0.717, 1.165) is 12.8 Å². The van der Waals surface area contributed by atoms with Crippen molar-refractivity contribution in [2.45, 2.75) is 78.4 Å². The van der Waals surface area contributed by atoms with Crippen LogP contribution in [0.25, 0.3) is 0 Å². The predicted octanol–water partition coefficient (Wildman–Crippen LogP) is 3.25. The Morgan fingerprint density at radius 3 is 2.19 bits per heavy atom. The van der Waals surface area contributed by atoms with E-state index in [0.29, 0.717) is 25.9 Å². The lowest BCUT2D eigenvalue weighted by Crippen LogP contribution is -2.30. The second kappa shape index (κ2) is 10.6. The van der Waals surface area contributed by atoms with Gasteiger partial charge in [-0.1, -0.05) is 13.8 Å². The van der Waals surface area contributed by atoms with E-state index in [2.05, 4.69) is 0 Å². The third kappa shape index (κ3) is 11.3. The number of carbonyl (C=O) groups is 2. The molecule has 0 spiro atoms. The second-order valence-corrected chi connectivity index (χ2v) is 5.85. The molecule has 0 amide bonds. The number of esters is 2. The molecule has 0 aromatic rings. The third-order valence-corrected chi connectivity index (χ3v) is 2.88. The first-order chi connectivity index (χ1) is 9.80. The number of ether oxygens (including phenoxy) is 3. The SMILES string of the molecule is CCCC(=O)OCC(C)OCCC(C)(C)OC(=O)CCC. The minimum atomic E-state index is -0.537. The molecule has 0 bridgehead atoms. The van der Waals surface area contributed by atoms with Crippen molar-refractivity contribution in [3.05, 3.63) is 0 Å². The summed E-state index contributed by atoms with van der Waals surface area (Å²) in [4.78, 5) is 22.7. The highest BCUT2D eigenvalue weighted by molar-refractivity contribution is 5.69. The van der Waals surface area contributed by atoms with E-state index in [-0.39, 0.29) is 24.6 Å². The zero-order valence-corrected chi connectivity index (χ0v) is 14.1. The molecule has 1 unspecified atom stereocenters. The molecule has 0 saturated carbocycles. The molecule has 0 aromatic carbocycles. The topological polar surface area (TPSA) is 61.8 Å². The maximum Gasteiger partial charge on any atom is 0.306 e. The number of hydrogen-bond donors (Lipinski definition) is 0. The molecule has 0 aliphatic rings. The second-order valence-electron chi connectivity index (χ2n) is 5.85. The third-order valence-electron chi connectivity index (χ3n) is 2.88. The summed E-state index contributed by atoms with van der Waals surface area (Å²) in [5.74, 6) is -0.370. The zero-order valence-electron chi connectivity index (χ0n) is 14.1. The lowest BCUT2D eigenvalue weighted by atomic mass is 10.1. The van der Waals surface area contributed by atoms with Crippen LogP contribution >= 0.6 is 0 Å². The van der Waals surface area contributed by atoms with E-state index in [1.54, 1.807) is 0 Å². The average Bonchev–Trinajstić information content (AvgIpc) is 2.36. The molecule has 0 fully saturated rings. The number of carbonyl (C=O) groups excluding carboxylic acids is 2. The van der Waals surface area contributed by atoms with Crippen LogP contribution in [0.2, 0.25) is 0 Å². The monoisotopic (exact) mass is 302 g/mol. The molecular formula is C16H30O5. The van der Waals surface area contributed by atoms with Crippen LogP contribution in [0.1, 0.15) is 66.7 Å². The normalized spacial score (nSPS) is 12.8. The lowest BCUT2D eigenvalue weighted by molar-refractivity contribution is -0.159. The molecule has 0 aliphatic heterocycles. The summed E-state index contributed by atoms with van der Waals surface area (Å²) in [6.45, 7) is 10.2. The van der Waals surface area contributed by atoms with Gasteiger partial charge in [0.2, 0.25) is 0 Å². The van der Waals surface area contributed by atoms with Gasteiger partial charge >= 0.3 is 11.9 Å². The number of hydrogen-bond acceptors (Lipinski definition) is 5. The van der Waals surface area contributed by atoms with Gasteiger partial charge in [0.05, 0.1) is 12.7 Å². The van der Waals surface area contributed by atoms with Gasteiger partial charge < -0.3 is 14.2 Å². The van der Waals surface area contributed by atoms with Gasteiger partial charge in [0.15, 0.2) is 0 Å². The molecule has 1 atom stereocenters. The van der Waals surface area contributed by atoms with Crippen LogP contribution < -0.4 is 0 Å². The van der Waals surface area contributed by atoms with Gasteiger partial charge in [-0.2, -0.15) is 0 Å².